The van der Waals surface area contributed by atoms with Crippen molar-refractivity contribution < 1.29 is 9.21 Å². The van der Waals surface area contributed by atoms with Gasteiger partial charge in [0.1, 0.15) is 0 Å². The van der Waals surface area contributed by atoms with Gasteiger partial charge in [-0.3, -0.25) is 9.48 Å². The summed E-state index contributed by atoms with van der Waals surface area (Å²) in [6.45, 7) is 6.74. The molecule has 0 aliphatic carbocycles. The topological polar surface area (TPSA) is 48.0 Å². The van der Waals surface area contributed by atoms with E-state index in [0.717, 1.165) is 29.9 Å². The lowest BCUT2D eigenvalue weighted by atomic mass is 10.1. The Morgan fingerprint density at radius 1 is 1.44 bits per heavy atom. The molecule has 0 atom stereocenters. The molecule has 0 aliphatic heterocycles. The van der Waals surface area contributed by atoms with Gasteiger partial charge in [-0.25, -0.2) is 0 Å². The summed E-state index contributed by atoms with van der Waals surface area (Å²) in [5.74, 6) is 0.464. The molecule has 0 aromatic carbocycles. The van der Waals surface area contributed by atoms with Gasteiger partial charge in [-0.05, 0) is 38.0 Å². The second-order valence-corrected chi connectivity index (χ2v) is 4.33. The Labute approximate surface area is 107 Å². The minimum absolute atomic E-state index is 0.00903. The first-order chi connectivity index (χ1) is 8.65. The average Bonchev–Trinajstić information content (AvgIpc) is 2.95. The number of aromatic nitrogens is 2. The van der Waals surface area contributed by atoms with Gasteiger partial charge in [-0.1, -0.05) is 6.92 Å². The Morgan fingerprint density at radius 3 is 2.78 bits per heavy atom. The molecular formula is C14H18N2O2. The van der Waals surface area contributed by atoms with E-state index in [1.807, 2.05) is 30.7 Å². The minimum Gasteiger partial charge on any atom is -0.461 e. The number of carbonyl (C=O) groups excluding carboxylic acids is 1. The van der Waals surface area contributed by atoms with E-state index >= 15 is 0 Å². The van der Waals surface area contributed by atoms with Crippen LogP contribution in [0.25, 0.3) is 0 Å². The highest BCUT2D eigenvalue weighted by atomic mass is 16.3. The van der Waals surface area contributed by atoms with Crippen molar-refractivity contribution in [2.75, 3.05) is 0 Å². The monoisotopic (exact) mass is 246 g/mol. The van der Waals surface area contributed by atoms with Crippen LogP contribution >= 0.6 is 0 Å². The fraction of sp³-hybridized carbons (Fsp3) is 0.429. The molecule has 4 nitrogen and oxygen atoms in total. The maximum Gasteiger partial charge on any atom is 0.204 e. The van der Waals surface area contributed by atoms with Crippen LogP contribution in [-0.4, -0.2) is 15.6 Å². The van der Waals surface area contributed by atoms with Crippen LogP contribution in [0.5, 0.6) is 0 Å². The molecule has 0 amide bonds. The van der Waals surface area contributed by atoms with Crippen molar-refractivity contribution in [3.63, 3.8) is 0 Å². The van der Waals surface area contributed by atoms with E-state index in [9.17, 15) is 4.79 Å². The lowest BCUT2D eigenvalue weighted by Gasteiger charge is -2.03. The highest BCUT2D eigenvalue weighted by molar-refractivity contribution is 5.96. The quantitative estimate of drug-likeness (QED) is 0.762. The Kier molecular flexibility index (Phi) is 3.65. The van der Waals surface area contributed by atoms with Crippen LogP contribution in [-0.2, 0) is 19.4 Å². The number of aryl methyl sites for hydroxylation is 3. The van der Waals surface area contributed by atoms with Gasteiger partial charge in [-0.15, -0.1) is 0 Å². The molecule has 18 heavy (non-hydrogen) atoms. The van der Waals surface area contributed by atoms with Gasteiger partial charge in [0.25, 0.3) is 0 Å². The SMILES string of the molecule is CCc1cc(CC(=O)c2occc2C)n(CC)n1. The Balaban J connectivity index is 2.21. The number of hydrogen-bond acceptors (Lipinski definition) is 3. The van der Waals surface area contributed by atoms with Gasteiger partial charge in [0.05, 0.1) is 18.4 Å². The highest BCUT2D eigenvalue weighted by Gasteiger charge is 2.16. The molecule has 2 aromatic heterocycles. The predicted molar refractivity (Wildman–Crippen MR) is 68.8 cm³/mol. The van der Waals surface area contributed by atoms with Crippen LogP contribution in [0.2, 0.25) is 0 Å². The van der Waals surface area contributed by atoms with Crippen molar-refractivity contribution in [1.29, 1.82) is 0 Å². The first kappa shape index (κ1) is 12.6. The van der Waals surface area contributed by atoms with Crippen molar-refractivity contribution in [3.8, 4) is 0 Å². The standard InChI is InChI=1S/C14H18N2O2/c1-4-11-8-12(16(5-2)15-11)9-13(17)14-10(3)6-7-18-14/h6-8H,4-5,9H2,1-3H3. The fourth-order valence-electron chi connectivity index (χ4n) is 2.01. The van der Waals surface area contributed by atoms with Crippen LogP contribution < -0.4 is 0 Å². The second-order valence-electron chi connectivity index (χ2n) is 4.33. The summed E-state index contributed by atoms with van der Waals surface area (Å²) in [5.41, 5.74) is 2.87. The minimum atomic E-state index is 0.00903. The van der Waals surface area contributed by atoms with Gasteiger partial charge in [0.2, 0.25) is 5.78 Å². The van der Waals surface area contributed by atoms with Crippen LogP contribution in [0.3, 0.4) is 0 Å². The molecule has 0 N–H and O–H groups in total. The van der Waals surface area contributed by atoms with E-state index in [4.69, 9.17) is 4.42 Å². The molecular weight excluding hydrogens is 228 g/mol. The fourth-order valence-corrected chi connectivity index (χ4v) is 2.01. The number of hydrogen-bond donors (Lipinski definition) is 0. The molecule has 0 radical (unpaired) electrons. The summed E-state index contributed by atoms with van der Waals surface area (Å²) in [7, 11) is 0. The van der Waals surface area contributed by atoms with Gasteiger partial charge in [0.15, 0.2) is 5.76 Å². The van der Waals surface area contributed by atoms with Crippen LogP contribution in [0, 0.1) is 6.92 Å². The van der Waals surface area contributed by atoms with Crippen molar-refractivity contribution in [3.05, 3.63) is 41.1 Å². The third kappa shape index (κ3) is 2.37. The lowest BCUT2D eigenvalue weighted by molar-refractivity contribution is 0.0963. The van der Waals surface area contributed by atoms with E-state index in [1.54, 1.807) is 6.26 Å². The Morgan fingerprint density at radius 2 is 2.22 bits per heavy atom. The predicted octanol–water partition coefficient (Wildman–Crippen LogP) is 2.79. The normalized spacial score (nSPS) is 10.8. The molecule has 0 saturated carbocycles. The molecule has 0 fully saturated rings. The third-order valence-corrected chi connectivity index (χ3v) is 3.03. The zero-order chi connectivity index (χ0) is 13.1. The summed E-state index contributed by atoms with van der Waals surface area (Å²) in [6, 6.07) is 3.81. The Bertz CT molecular complexity index is 552. The molecule has 0 spiro atoms. The van der Waals surface area contributed by atoms with Crippen LogP contribution in [0.4, 0.5) is 0 Å². The third-order valence-electron chi connectivity index (χ3n) is 3.03. The second kappa shape index (κ2) is 5.21. The molecule has 4 heteroatoms. The molecule has 0 aliphatic rings. The molecule has 2 heterocycles. The number of rotatable bonds is 5. The van der Waals surface area contributed by atoms with Crippen LogP contribution in [0.15, 0.2) is 22.8 Å². The van der Waals surface area contributed by atoms with E-state index < -0.39 is 0 Å². The lowest BCUT2D eigenvalue weighted by Crippen LogP contribution is -2.09. The number of nitrogens with zero attached hydrogens (tertiary/aromatic N) is 2. The summed E-state index contributed by atoms with van der Waals surface area (Å²) < 4.78 is 7.11. The molecule has 2 aromatic rings. The maximum atomic E-state index is 12.1. The molecule has 96 valence electrons. The van der Waals surface area contributed by atoms with E-state index in [-0.39, 0.29) is 5.78 Å². The number of carbonyl (C=O) groups is 1. The van der Waals surface area contributed by atoms with Crippen LogP contribution in [0.1, 0.15) is 41.4 Å². The molecule has 2 rings (SSSR count). The summed E-state index contributed by atoms with van der Waals surface area (Å²) in [6.07, 6.45) is 2.78. The van der Waals surface area contributed by atoms with Crippen molar-refractivity contribution >= 4 is 5.78 Å². The Hall–Kier alpha value is -1.84. The van der Waals surface area contributed by atoms with Crippen molar-refractivity contribution in [2.24, 2.45) is 0 Å². The summed E-state index contributed by atoms with van der Waals surface area (Å²) in [4.78, 5) is 12.1. The number of furan rings is 1. The molecule has 0 bridgehead atoms. The van der Waals surface area contributed by atoms with E-state index in [0.29, 0.717) is 12.2 Å². The van der Waals surface area contributed by atoms with Crippen molar-refractivity contribution in [1.82, 2.24) is 9.78 Å². The first-order valence-electron chi connectivity index (χ1n) is 6.28. The van der Waals surface area contributed by atoms with E-state index in [2.05, 4.69) is 12.0 Å². The first-order valence-corrected chi connectivity index (χ1v) is 6.28. The number of ketones is 1. The van der Waals surface area contributed by atoms with Gasteiger partial charge in [0, 0.05) is 12.2 Å². The van der Waals surface area contributed by atoms with Crippen molar-refractivity contribution in [2.45, 2.75) is 40.2 Å². The highest BCUT2D eigenvalue weighted by Crippen LogP contribution is 2.14. The zero-order valence-electron chi connectivity index (χ0n) is 11.1. The maximum absolute atomic E-state index is 12.1. The summed E-state index contributed by atoms with van der Waals surface area (Å²) in [5, 5.41) is 4.44. The van der Waals surface area contributed by atoms with Gasteiger partial charge < -0.3 is 4.42 Å². The number of Topliss-reactive ketones (excluding diaryl/α,β-unsaturated/α-hetero) is 1. The average molecular weight is 246 g/mol. The largest absolute Gasteiger partial charge is 0.461 e. The smallest absolute Gasteiger partial charge is 0.204 e. The zero-order valence-corrected chi connectivity index (χ0v) is 11.1. The van der Waals surface area contributed by atoms with E-state index in [1.165, 1.54) is 0 Å². The molecule has 0 unspecified atom stereocenters. The van der Waals surface area contributed by atoms with Gasteiger partial charge in [-0.2, -0.15) is 5.10 Å². The van der Waals surface area contributed by atoms with Gasteiger partial charge >= 0.3 is 0 Å². The molecule has 0 saturated heterocycles. The summed E-state index contributed by atoms with van der Waals surface area (Å²) >= 11 is 0.